The molecule has 4 aliphatic carbocycles. The fraction of sp³-hybridized carbons (Fsp3) is 0.962. The van der Waals surface area contributed by atoms with Crippen molar-refractivity contribution < 1.29 is 50.0 Å². The summed E-state index contributed by atoms with van der Waals surface area (Å²) in [6.07, 6.45) is -2.24. The summed E-state index contributed by atoms with van der Waals surface area (Å²) in [5.41, 5.74) is -4.43. The van der Waals surface area contributed by atoms with Gasteiger partial charge in [0.2, 0.25) is 6.29 Å². The average molecular weight is 515 g/mol. The molecule has 1 saturated heterocycles. The number of esters is 1. The molecule has 12 atom stereocenters. The lowest BCUT2D eigenvalue weighted by molar-refractivity contribution is -0.301. The lowest BCUT2D eigenvalue weighted by Crippen LogP contribution is -2.69. The Morgan fingerprint density at radius 1 is 0.972 bits per heavy atom. The van der Waals surface area contributed by atoms with Crippen LogP contribution in [0.25, 0.3) is 0 Å². The van der Waals surface area contributed by atoms with Crippen LogP contribution in [0, 0.1) is 28.1 Å². The monoisotopic (exact) mass is 514 g/mol. The molecule has 0 aromatic rings. The van der Waals surface area contributed by atoms with Crippen LogP contribution in [-0.2, 0) is 14.3 Å². The highest BCUT2D eigenvalue weighted by Gasteiger charge is 2.75. The Kier molecular flexibility index (Phi) is 6.37. The Balaban J connectivity index is 1.42. The molecule has 206 valence electrons. The lowest BCUT2D eigenvalue weighted by atomic mass is 9.39. The number of carbonyl (C=O) groups excluding carboxylic acids is 1. The number of aliphatic hydroxyl groups excluding tert-OH is 5. The van der Waals surface area contributed by atoms with Gasteiger partial charge in [-0.2, -0.15) is 0 Å². The van der Waals surface area contributed by atoms with Gasteiger partial charge in [-0.1, -0.05) is 13.3 Å². The van der Waals surface area contributed by atoms with Gasteiger partial charge in [0.15, 0.2) is 0 Å². The molecule has 10 heteroatoms. The fourth-order valence-electron chi connectivity index (χ4n) is 9.35. The minimum absolute atomic E-state index is 0.0472. The number of hydrogen-bond donors (Lipinski definition) is 7. The van der Waals surface area contributed by atoms with E-state index < -0.39 is 70.7 Å². The number of ether oxygens (including phenoxy) is 2. The molecule has 0 aromatic carbocycles. The number of fused-ring (bicyclic) bond motifs is 3. The Morgan fingerprint density at radius 3 is 2.36 bits per heavy atom. The fourth-order valence-corrected chi connectivity index (χ4v) is 9.35. The van der Waals surface area contributed by atoms with E-state index in [0.717, 1.165) is 6.42 Å². The Bertz CT molecular complexity index is 883. The standard InChI is InChI=1S/C26H42O10/c1-22(21(32)36-20-19(31)18(30)17(29)15(11-27)35-20)6-3-7-23(2)16(22)5-8-24-10-14(4-9-26(23,24)34)25(33,12-24)13-28/h14-20,27-31,33-34H,3-13H2,1-2H3/t14-,15-,16-,17-,18+,19-,20+,22-,23-,24+,25+,26-/m1/s1. The van der Waals surface area contributed by atoms with Gasteiger partial charge in [-0.3, -0.25) is 4.79 Å². The maximum Gasteiger partial charge on any atom is 0.314 e. The quantitative estimate of drug-likeness (QED) is 0.244. The van der Waals surface area contributed by atoms with Gasteiger partial charge in [-0.15, -0.1) is 0 Å². The first-order valence-electron chi connectivity index (χ1n) is 13.4. The van der Waals surface area contributed by atoms with Gasteiger partial charge in [0.25, 0.3) is 0 Å². The molecule has 1 heterocycles. The molecule has 0 unspecified atom stereocenters. The summed E-state index contributed by atoms with van der Waals surface area (Å²) in [7, 11) is 0. The molecular weight excluding hydrogens is 472 g/mol. The van der Waals surface area contributed by atoms with E-state index in [4.69, 9.17) is 9.47 Å². The van der Waals surface area contributed by atoms with Gasteiger partial charge < -0.3 is 45.2 Å². The van der Waals surface area contributed by atoms with Gasteiger partial charge in [-0.25, -0.2) is 0 Å². The summed E-state index contributed by atoms with van der Waals surface area (Å²) in [4.78, 5) is 13.7. The zero-order valence-corrected chi connectivity index (χ0v) is 21.2. The van der Waals surface area contributed by atoms with E-state index in [0.29, 0.717) is 51.4 Å². The lowest BCUT2D eigenvalue weighted by Gasteiger charge is -2.67. The molecule has 1 spiro atoms. The van der Waals surface area contributed by atoms with Crippen LogP contribution in [0.15, 0.2) is 0 Å². The highest BCUT2D eigenvalue weighted by molar-refractivity contribution is 5.77. The van der Waals surface area contributed by atoms with Crippen LogP contribution in [0.1, 0.15) is 71.6 Å². The van der Waals surface area contributed by atoms with Crippen LogP contribution in [0.5, 0.6) is 0 Å². The van der Waals surface area contributed by atoms with E-state index in [1.165, 1.54) is 0 Å². The zero-order chi connectivity index (χ0) is 26.3. The second kappa shape index (κ2) is 8.58. The van der Waals surface area contributed by atoms with E-state index in [9.17, 15) is 40.5 Å². The molecule has 10 nitrogen and oxygen atoms in total. The zero-order valence-electron chi connectivity index (χ0n) is 21.2. The van der Waals surface area contributed by atoms with Crippen LogP contribution in [0.4, 0.5) is 0 Å². The molecule has 5 aliphatic rings. The smallest absolute Gasteiger partial charge is 0.314 e. The molecule has 0 radical (unpaired) electrons. The molecule has 5 fully saturated rings. The van der Waals surface area contributed by atoms with Crippen molar-refractivity contribution in [2.45, 2.75) is 114 Å². The van der Waals surface area contributed by atoms with E-state index in [1.54, 1.807) is 0 Å². The second-order valence-corrected chi connectivity index (χ2v) is 12.9. The number of aliphatic hydroxyl groups is 7. The van der Waals surface area contributed by atoms with Crippen molar-refractivity contribution in [1.82, 2.24) is 0 Å². The first-order chi connectivity index (χ1) is 16.8. The average Bonchev–Trinajstić information content (AvgIpc) is 3.09. The molecule has 0 amide bonds. The summed E-state index contributed by atoms with van der Waals surface area (Å²) in [5.74, 6) is -0.880. The highest BCUT2D eigenvalue weighted by atomic mass is 16.7. The summed E-state index contributed by atoms with van der Waals surface area (Å²) in [6, 6.07) is 0. The van der Waals surface area contributed by atoms with E-state index in [2.05, 4.69) is 0 Å². The van der Waals surface area contributed by atoms with Gasteiger partial charge in [0.1, 0.15) is 24.4 Å². The summed E-state index contributed by atoms with van der Waals surface area (Å²) >= 11 is 0. The molecule has 2 bridgehead atoms. The number of rotatable bonds is 4. The van der Waals surface area contributed by atoms with Gasteiger partial charge in [-0.05, 0) is 70.1 Å². The summed E-state index contributed by atoms with van der Waals surface area (Å²) < 4.78 is 11.0. The Morgan fingerprint density at radius 2 is 1.69 bits per heavy atom. The maximum absolute atomic E-state index is 13.7. The number of hydrogen-bond acceptors (Lipinski definition) is 10. The Hall–Kier alpha value is -0.850. The molecule has 1 aliphatic heterocycles. The molecule has 7 N–H and O–H groups in total. The first kappa shape index (κ1) is 26.7. The molecule has 0 aromatic heterocycles. The predicted molar refractivity (Wildman–Crippen MR) is 124 cm³/mol. The summed E-state index contributed by atoms with van der Waals surface area (Å²) in [5, 5.41) is 73.6. The van der Waals surface area contributed by atoms with Crippen molar-refractivity contribution in [3.8, 4) is 0 Å². The van der Waals surface area contributed by atoms with Crippen molar-refractivity contribution in [2.75, 3.05) is 13.2 Å². The van der Waals surface area contributed by atoms with Gasteiger partial charge >= 0.3 is 5.97 Å². The van der Waals surface area contributed by atoms with Crippen molar-refractivity contribution in [3.05, 3.63) is 0 Å². The Labute approximate surface area is 211 Å². The predicted octanol–water partition coefficient (Wildman–Crippen LogP) is -0.419. The molecule has 5 rings (SSSR count). The topological polar surface area (TPSA) is 177 Å². The van der Waals surface area contributed by atoms with Crippen LogP contribution in [-0.4, -0.2) is 96.8 Å². The highest BCUT2D eigenvalue weighted by Crippen LogP contribution is 2.74. The largest absolute Gasteiger partial charge is 0.432 e. The molecular formula is C26H42O10. The van der Waals surface area contributed by atoms with Crippen LogP contribution >= 0.6 is 0 Å². The molecule has 4 saturated carbocycles. The first-order valence-corrected chi connectivity index (χ1v) is 13.4. The minimum atomic E-state index is -1.67. The van der Waals surface area contributed by atoms with Crippen molar-refractivity contribution in [3.63, 3.8) is 0 Å². The molecule has 36 heavy (non-hydrogen) atoms. The van der Waals surface area contributed by atoms with Crippen molar-refractivity contribution in [2.24, 2.45) is 28.1 Å². The second-order valence-electron chi connectivity index (χ2n) is 12.9. The van der Waals surface area contributed by atoms with Gasteiger partial charge in [0.05, 0.1) is 29.8 Å². The van der Waals surface area contributed by atoms with E-state index >= 15 is 0 Å². The number of carbonyl (C=O) groups is 1. The maximum atomic E-state index is 13.7. The van der Waals surface area contributed by atoms with Gasteiger partial charge in [0, 0.05) is 10.8 Å². The van der Waals surface area contributed by atoms with E-state index in [1.807, 2.05) is 13.8 Å². The third kappa shape index (κ3) is 3.35. The third-order valence-electron chi connectivity index (χ3n) is 11.4. The van der Waals surface area contributed by atoms with Crippen LogP contribution in [0.2, 0.25) is 0 Å². The van der Waals surface area contributed by atoms with Crippen LogP contribution < -0.4 is 0 Å². The minimum Gasteiger partial charge on any atom is -0.432 e. The normalized spacial score (nSPS) is 56.5. The van der Waals surface area contributed by atoms with Crippen LogP contribution in [0.3, 0.4) is 0 Å². The van der Waals surface area contributed by atoms with Crippen molar-refractivity contribution >= 4 is 5.97 Å². The third-order valence-corrected chi connectivity index (χ3v) is 11.4. The SMILES string of the molecule is C[C@@]1(C(=O)O[C@@H]2O[C@H](CO)[C@@H](O)[C@H](O)[C@H]2O)CCC[C@]2(C)[C@@H]1CC[C@@]13C[C@@H](CC[C@]12O)[C@@](O)(CO)C3. The van der Waals surface area contributed by atoms with E-state index in [-0.39, 0.29) is 18.4 Å². The summed E-state index contributed by atoms with van der Waals surface area (Å²) in [6.45, 7) is 2.94. The van der Waals surface area contributed by atoms with Crippen molar-refractivity contribution in [1.29, 1.82) is 0 Å².